The highest BCUT2D eigenvalue weighted by molar-refractivity contribution is 6.07. The molecule has 1 saturated heterocycles. The van der Waals surface area contributed by atoms with Gasteiger partial charge in [-0.1, -0.05) is 6.07 Å². The average molecular weight is 423 g/mol. The minimum atomic E-state index is -0.152. The third kappa shape index (κ3) is 3.78. The van der Waals surface area contributed by atoms with E-state index < -0.39 is 0 Å². The van der Waals surface area contributed by atoms with E-state index in [0.717, 1.165) is 37.1 Å². The number of ether oxygens (including phenoxy) is 1. The molecule has 0 aromatic carbocycles. The monoisotopic (exact) mass is 423 g/mol. The van der Waals surface area contributed by atoms with Crippen molar-refractivity contribution in [3.8, 4) is 0 Å². The number of amides is 1. The lowest BCUT2D eigenvalue weighted by atomic mass is 10.1. The number of rotatable bonds is 6. The van der Waals surface area contributed by atoms with E-state index in [2.05, 4.69) is 20.1 Å². The zero-order valence-electron chi connectivity index (χ0n) is 17.7. The predicted octanol–water partition coefficient (Wildman–Crippen LogP) is 0.959. The summed E-state index contributed by atoms with van der Waals surface area (Å²) in [6.07, 6.45) is 5.48. The molecule has 0 atom stereocenters. The molecule has 5 rings (SSSR count). The molecule has 0 N–H and O–H groups in total. The predicted molar refractivity (Wildman–Crippen MR) is 112 cm³/mol. The Morgan fingerprint density at radius 3 is 2.74 bits per heavy atom. The van der Waals surface area contributed by atoms with Crippen LogP contribution in [0.1, 0.15) is 39.3 Å². The van der Waals surface area contributed by atoms with E-state index in [9.17, 15) is 9.59 Å². The van der Waals surface area contributed by atoms with E-state index in [1.807, 2.05) is 18.3 Å². The van der Waals surface area contributed by atoms with Crippen LogP contribution in [0.3, 0.4) is 0 Å². The fraction of sp³-hybridized carbons (Fsp3) is 0.476. The molecule has 2 aliphatic rings. The molecule has 0 spiro atoms. The first-order valence-electron chi connectivity index (χ1n) is 10.5. The van der Waals surface area contributed by atoms with Crippen LogP contribution in [-0.4, -0.2) is 80.4 Å². The van der Waals surface area contributed by atoms with Gasteiger partial charge < -0.3 is 14.5 Å². The van der Waals surface area contributed by atoms with E-state index in [-0.39, 0.29) is 24.2 Å². The van der Waals surface area contributed by atoms with Crippen LogP contribution in [0.25, 0.3) is 5.65 Å². The Labute approximate surface area is 179 Å². The lowest BCUT2D eigenvalue weighted by Crippen LogP contribution is -2.36. The van der Waals surface area contributed by atoms with Gasteiger partial charge in [0.05, 0.1) is 25.0 Å². The molecule has 1 amide bonds. The van der Waals surface area contributed by atoms with Crippen LogP contribution in [-0.2, 0) is 18.2 Å². The summed E-state index contributed by atoms with van der Waals surface area (Å²) in [5, 5.41) is 8.74. The van der Waals surface area contributed by atoms with Gasteiger partial charge in [-0.2, -0.15) is 10.1 Å². The fourth-order valence-electron chi connectivity index (χ4n) is 3.93. The molecule has 0 bridgehead atoms. The third-order valence-electron chi connectivity index (χ3n) is 5.89. The molecule has 0 unspecified atom stereocenters. The van der Waals surface area contributed by atoms with Crippen molar-refractivity contribution in [3.63, 3.8) is 0 Å². The maximum atomic E-state index is 13.1. The molecule has 4 heterocycles. The van der Waals surface area contributed by atoms with Gasteiger partial charge in [-0.05, 0) is 24.5 Å². The minimum absolute atomic E-state index is 0.148. The second-order valence-corrected chi connectivity index (χ2v) is 8.13. The Morgan fingerprint density at radius 1 is 1.23 bits per heavy atom. The van der Waals surface area contributed by atoms with Gasteiger partial charge in [0.25, 0.3) is 5.91 Å². The molecule has 1 aliphatic carbocycles. The number of carbonyl (C=O) groups excluding carboxylic acids is 2. The molecule has 3 aromatic heterocycles. The molecule has 2 fully saturated rings. The lowest BCUT2D eigenvalue weighted by Gasteiger charge is -2.25. The Kier molecular flexibility index (Phi) is 4.93. The third-order valence-corrected chi connectivity index (χ3v) is 5.89. The first kappa shape index (κ1) is 19.7. The highest BCUT2D eigenvalue weighted by atomic mass is 16.5. The smallest absolute Gasteiger partial charge is 0.257 e. The number of ketones is 1. The van der Waals surface area contributed by atoms with Gasteiger partial charge in [-0.3, -0.25) is 14.3 Å². The molecular weight excluding hydrogens is 398 g/mol. The van der Waals surface area contributed by atoms with Crippen LogP contribution < -0.4 is 4.90 Å². The molecule has 1 saturated carbocycles. The van der Waals surface area contributed by atoms with Crippen molar-refractivity contribution in [2.45, 2.75) is 25.3 Å². The molecule has 3 aromatic rings. The molecule has 10 heteroatoms. The Balaban J connectivity index is 1.37. The van der Waals surface area contributed by atoms with E-state index in [4.69, 9.17) is 4.74 Å². The first-order chi connectivity index (χ1) is 15.0. The van der Waals surface area contributed by atoms with Crippen molar-refractivity contribution >= 4 is 23.3 Å². The summed E-state index contributed by atoms with van der Waals surface area (Å²) in [5.41, 5.74) is 2.22. The number of Topliss-reactive ketones (excluding diaryl/α,β-unsaturated/α-hetero) is 1. The van der Waals surface area contributed by atoms with Gasteiger partial charge in [0, 0.05) is 45.8 Å². The van der Waals surface area contributed by atoms with Crippen molar-refractivity contribution in [2.75, 3.05) is 38.3 Å². The van der Waals surface area contributed by atoms with Crippen molar-refractivity contribution < 1.29 is 14.3 Å². The van der Waals surface area contributed by atoms with Crippen LogP contribution in [0.2, 0.25) is 0 Å². The van der Waals surface area contributed by atoms with E-state index in [1.165, 1.54) is 10.9 Å². The van der Waals surface area contributed by atoms with Crippen LogP contribution in [0, 0.1) is 0 Å². The number of morpholine rings is 1. The number of hydrogen-bond donors (Lipinski definition) is 0. The number of aromatic nitrogens is 5. The summed E-state index contributed by atoms with van der Waals surface area (Å²) in [5.74, 6) is 0.357. The quantitative estimate of drug-likeness (QED) is 0.545. The topological polar surface area (TPSA) is 97.9 Å². The van der Waals surface area contributed by atoms with Crippen LogP contribution in [0.4, 0.5) is 5.95 Å². The maximum absolute atomic E-state index is 13.1. The van der Waals surface area contributed by atoms with E-state index >= 15 is 0 Å². The number of aryl methyl sites for hydroxylation is 1. The summed E-state index contributed by atoms with van der Waals surface area (Å²) < 4.78 is 8.57. The lowest BCUT2D eigenvalue weighted by molar-refractivity contribution is 0.0778. The zero-order chi connectivity index (χ0) is 21.5. The Bertz CT molecular complexity index is 1140. The number of carbonyl (C=O) groups is 2. The van der Waals surface area contributed by atoms with Crippen molar-refractivity contribution in [1.29, 1.82) is 0 Å². The highest BCUT2D eigenvalue weighted by Gasteiger charge is 2.33. The van der Waals surface area contributed by atoms with E-state index in [1.54, 1.807) is 23.5 Å². The van der Waals surface area contributed by atoms with Gasteiger partial charge in [0.1, 0.15) is 5.69 Å². The maximum Gasteiger partial charge on any atom is 0.257 e. The van der Waals surface area contributed by atoms with Gasteiger partial charge >= 0.3 is 0 Å². The summed E-state index contributed by atoms with van der Waals surface area (Å²) in [7, 11) is 3.47. The standard InChI is InChI=1S/C21H25N7O3/c1-25(15-4-5-15)20(30)16-12-22-26(2)19(16)17(29)11-14-3-6-18-23-21(24-28(18)13-14)27-7-9-31-10-8-27/h3,6,12-13,15H,4-5,7-11H2,1-2H3. The number of nitrogens with zero attached hydrogens (tertiary/aromatic N) is 7. The normalized spacial score (nSPS) is 16.6. The largest absolute Gasteiger partial charge is 0.378 e. The Morgan fingerprint density at radius 2 is 2.00 bits per heavy atom. The number of pyridine rings is 1. The number of fused-ring (bicyclic) bond motifs is 1. The summed E-state index contributed by atoms with van der Waals surface area (Å²) in [4.78, 5) is 34.3. The van der Waals surface area contributed by atoms with E-state index in [0.29, 0.717) is 30.4 Å². The van der Waals surface area contributed by atoms with Crippen LogP contribution in [0.15, 0.2) is 24.5 Å². The molecule has 10 nitrogen and oxygen atoms in total. The molecule has 1 aliphatic heterocycles. The summed E-state index contributed by atoms with van der Waals surface area (Å²) in [6, 6.07) is 4.00. The van der Waals surface area contributed by atoms with Crippen molar-refractivity contribution in [1.82, 2.24) is 29.3 Å². The molecular formula is C21H25N7O3. The summed E-state index contributed by atoms with van der Waals surface area (Å²) in [6.45, 7) is 2.84. The van der Waals surface area contributed by atoms with Gasteiger partial charge in [-0.25, -0.2) is 4.52 Å². The first-order valence-corrected chi connectivity index (χ1v) is 10.5. The van der Waals surface area contributed by atoms with Gasteiger partial charge in [-0.15, -0.1) is 5.10 Å². The number of hydrogen-bond acceptors (Lipinski definition) is 7. The van der Waals surface area contributed by atoms with Crippen molar-refractivity contribution in [2.24, 2.45) is 7.05 Å². The minimum Gasteiger partial charge on any atom is -0.378 e. The van der Waals surface area contributed by atoms with Gasteiger partial charge in [0.2, 0.25) is 5.95 Å². The average Bonchev–Trinajstić information content (AvgIpc) is 3.43. The molecule has 162 valence electrons. The fourth-order valence-corrected chi connectivity index (χ4v) is 3.93. The van der Waals surface area contributed by atoms with Crippen molar-refractivity contribution in [3.05, 3.63) is 41.3 Å². The second kappa shape index (κ2) is 7.77. The molecule has 0 radical (unpaired) electrons. The summed E-state index contributed by atoms with van der Waals surface area (Å²) >= 11 is 0. The molecule has 31 heavy (non-hydrogen) atoms. The SMILES string of the molecule is CN(C(=O)c1cnn(C)c1C(=O)Cc1ccc2nc(N3CCOCC3)nn2c1)C1CC1. The van der Waals surface area contributed by atoms with Crippen LogP contribution in [0.5, 0.6) is 0 Å². The second-order valence-electron chi connectivity index (χ2n) is 8.13. The number of anilines is 1. The Hall–Kier alpha value is -3.27. The zero-order valence-corrected chi connectivity index (χ0v) is 17.7. The van der Waals surface area contributed by atoms with Crippen LogP contribution >= 0.6 is 0 Å². The highest BCUT2D eigenvalue weighted by Crippen LogP contribution is 2.27. The van der Waals surface area contributed by atoms with Gasteiger partial charge in [0.15, 0.2) is 11.4 Å².